The first kappa shape index (κ1) is 44.8. The third-order valence-corrected chi connectivity index (χ3v) is 8.78. The van der Waals surface area contributed by atoms with E-state index >= 15 is 0 Å². The molecule has 0 radical (unpaired) electrons. The van der Waals surface area contributed by atoms with Crippen molar-refractivity contribution in [2.45, 2.75) is 161 Å². The number of quaternary nitrogens is 1. The predicted molar refractivity (Wildman–Crippen MR) is 188 cm³/mol. The summed E-state index contributed by atoms with van der Waals surface area (Å²) in [6, 6.07) is 0. The topological polar surface area (TPSA) is 108 Å². The lowest BCUT2D eigenvalue weighted by atomic mass is 10.1. The number of hydrogen-bond acceptors (Lipinski definition) is 7. The van der Waals surface area contributed by atoms with Crippen molar-refractivity contribution >= 4 is 19.8 Å². The molecular weight excluding hydrogens is 605 g/mol. The maximum absolute atomic E-state index is 12.5. The maximum Gasteiger partial charge on any atom is 0.472 e. The highest BCUT2D eigenvalue weighted by atomic mass is 31.2. The van der Waals surface area contributed by atoms with Gasteiger partial charge in [0.15, 0.2) is 6.10 Å². The quantitative estimate of drug-likeness (QED) is 0.0241. The van der Waals surface area contributed by atoms with Crippen LogP contribution in [-0.4, -0.2) is 74.9 Å². The Labute approximate surface area is 282 Å². The van der Waals surface area contributed by atoms with E-state index in [9.17, 15) is 19.0 Å². The van der Waals surface area contributed by atoms with Crippen LogP contribution < -0.4 is 0 Å². The van der Waals surface area contributed by atoms with Gasteiger partial charge in [-0.15, -0.1) is 0 Å². The van der Waals surface area contributed by atoms with Gasteiger partial charge in [0.2, 0.25) is 0 Å². The number of hydrogen-bond donors (Lipinski definition) is 1. The van der Waals surface area contributed by atoms with E-state index in [1.807, 2.05) is 21.1 Å². The first-order chi connectivity index (χ1) is 22.0. The Morgan fingerprint density at radius 2 is 1.11 bits per heavy atom. The fourth-order valence-electron chi connectivity index (χ4n) is 4.83. The Balaban J connectivity index is 4.39. The van der Waals surface area contributed by atoms with E-state index in [1.54, 1.807) is 0 Å². The number of carbonyl (C=O) groups is 2. The molecule has 0 aliphatic rings. The summed E-state index contributed by atoms with van der Waals surface area (Å²) in [5.41, 5.74) is 0. The van der Waals surface area contributed by atoms with Crippen molar-refractivity contribution in [1.29, 1.82) is 0 Å². The summed E-state index contributed by atoms with van der Waals surface area (Å²) in [5, 5.41) is 0. The molecule has 10 heteroatoms. The molecule has 46 heavy (non-hydrogen) atoms. The number of ether oxygens (including phenoxy) is 2. The summed E-state index contributed by atoms with van der Waals surface area (Å²) < 4.78 is 34.0. The van der Waals surface area contributed by atoms with Gasteiger partial charge in [-0.2, -0.15) is 0 Å². The Hall–Kier alpha value is -1.25. The molecule has 1 N–H and O–H groups in total. The number of rotatable bonds is 33. The Morgan fingerprint density at radius 3 is 1.65 bits per heavy atom. The van der Waals surface area contributed by atoms with Crippen LogP contribution in [0.5, 0.6) is 0 Å². The SMILES string of the molecule is CCCCCCCCCCC/C=C/CCCCC(=O)OC[C@@H](COP(=O)(O)OCC[N+](C)(C)C)OC(=O)CCCCCCCCC. The molecule has 0 amide bonds. The van der Waals surface area contributed by atoms with Gasteiger partial charge in [0, 0.05) is 12.8 Å². The molecule has 0 aliphatic carbocycles. The summed E-state index contributed by atoms with van der Waals surface area (Å²) in [4.78, 5) is 34.9. The average molecular weight is 677 g/mol. The van der Waals surface area contributed by atoms with Gasteiger partial charge in [-0.05, 0) is 38.5 Å². The molecule has 9 nitrogen and oxygen atoms in total. The number of nitrogens with zero attached hydrogens (tertiary/aromatic N) is 1. The second-order valence-electron chi connectivity index (χ2n) is 13.6. The van der Waals surface area contributed by atoms with E-state index in [0.717, 1.165) is 38.5 Å². The number of esters is 2. The molecule has 0 saturated heterocycles. The van der Waals surface area contributed by atoms with E-state index < -0.39 is 32.5 Å². The molecule has 0 saturated carbocycles. The van der Waals surface area contributed by atoms with E-state index in [1.165, 1.54) is 77.0 Å². The summed E-state index contributed by atoms with van der Waals surface area (Å²) in [6.07, 6.45) is 27.1. The molecule has 0 spiro atoms. The van der Waals surface area contributed by atoms with Crippen LogP contribution in [0.15, 0.2) is 12.2 Å². The summed E-state index contributed by atoms with van der Waals surface area (Å²) in [6.45, 7) is 4.33. The number of phosphoric acid groups is 1. The van der Waals surface area contributed by atoms with Crippen molar-refractivity contribution in [3.05, 3.63) is 12.2 Å². The monoisotopic (exact) mass is 676 g/mol. The van der Waals surface area contributed by atoms with E-state index in [2.05, 4.69) is 26.0 Å². The van der Waals surface area contributed by atoms with Crippen LogP contribution in [0.3, 0.4) is 0 Å². The molecule has 2 atom stereocenters. The molecule has 0 bridgehead atoms. The van der Waals surface area contributed by atoms with Crippen molar-refractivity contribution in [2.75, 3.05) is 47.5 Å². The zero-order chi connectivity index (χ0) is 34.4. The highest BCUT2D eigenvalue weighted by molar-refractivity contribution is 7.47. The van der Waals surface area contributed by atoms with Crippen molar-refractivity contribution in [3.63, 3.8) is 0 Å². The standard InChI is InChI=1S/C36H70NO8P/c1-6-8-10-12-14-15-16-17-18-19-20-21-23-24-26-28-35(38)42-32-34(33-44-46(40,41)43-31-30-37(3,4)5)45-36(39)29-27-25-22-13-11-9-7-2/h20-21,34H,6-19,22-33H2,1-5H3/p+1/b21-20+/t34-/m0/s1. The molecule has 0 fully saturated rings. The number of likely N-dealkylation sites (N-methyl/N-ethyl adjacent to an activating group) is 1. The number of unbranched alkanes of at least 4 members (excludes halogenated alkanes) is 17. The number of phosphoric ester groups is 1. The van der Waals surface area contributed by atoms with Crippen LogP contribution in [0.2, 0.25) is 0 Å². The third-order valence-electron chi connectivity index (χ3n) is 7.80. The van der Waals surface area contributed by atoms with Crippen molar-refractivity contribution in [2.24, 2.45) is 0 Å². The number of allylic oxidation sites excluding steroid dienone is 2. The molecule has 1 unspecified atom stereocenters. The zero-order valence-electron chi connectivity index (χ0n) is 30.3. The van der Waals surface area contributed by atoms with Crippen LogP contribution >= 0.6 is 7.82 Å². The zero-order valence-corrected chi connectivity index (χ0v) is 31.2. The van der Waals surface area contributed by atoms with Crippen LogP contribution in [0.4, 0.5) is 0 Å². The van der Waals surface area contributed by atoms with Gasteiger partial charge in [-0.1, -0.05) is 116 Å². The molecule has 0 aromatic heterocycles. The van der Waals surface area contributed by atoms with E-state index in [-0.39, 0.29) is 26.1 Å². The lowest BCUT2D eigenvalue weighted by Crippen LogP contribution is -2.37. The van der Waals surface area contributed by atoms with Gasteiger partial charge >= 0.3 is 19.8 Å². The molecule has 0 aliphatic heterocycles. The van der Waals surface area contributed by atoms with Gasteiger partial charge in [0.05, 0.1) is 27.7 Å². The lowest BCUT2D eigenvalue weighted by molar-refractivity contribution is -0.870. The van der Waals surface area contributed by atoms with Gasteiger partial charge in [0.25, 0.3) is 0 Å². The average Bonchev–Trinajstić information content (AvgIpc) is 2.99. The largest absolute Gasteiger partial charge is 0.472 e. The van der Waals surface area contributed by atoms with Gasteiger partial charge < -0.3 is 18.9 Å². The first-order valence-corrected chi connectivity index (χ1v) is 19.9. The normalized spacial score (nSPS) is 14.0. The molecular formula is C36H71NO8P+. The van der Waals surface area contributed by atoms with Gasteiger partial charge in [-0.25, -0.2) is 4.57 Å². The molecule has 0 aromatic rings. The Bertz CT molecular complexity index is 814. The Morgan fingerprint density at radius 1 is 0.652 bits per heavy atom. The third kappa shape index (κ3) is 32.7. The number of carbonyl (C=O) groups excluding carboxylic acids is 2. The minimum atomic E-state index is -4.36. The van der Waals surface area contributed by atoms with E-state index in [0.29, 0.717) is 23.9 Å². The smallest absolute Gasteiger partial charge is 0.462 e. The van der Waals surface area contributed by atoms with Crippen molar-refractivity contribution < 1.29 is 42.1 Å². The highest BCUT2D eigenvalue weighted by Gasteiger charge is 2.27. The lowest BCUT2D eigenvalue weighted by Gasteiger charge is -2.24. The first-order valence-electron chi connectivity index (χ1n) is 18.4. The maximum atomic E-state index is 12.5. The van der Waals surface area contributed by atoms with Gasteiger partial charge in [0.1, 0.15) is 19.8 Å². The Kier molecular flexibility index (Phi) is 29.0. The fraction of sp³-hybridized carbons (Fsp3) is 0.889. The van der Waals surface area contributed by atoms with Crippen LogP contribution in [-0.2, 0) is 32.7 Å². The summed E-state index contributed by atoms with van der Waals surface area (Å²) in [5.74, 6) is -0.829. The van der Waals surface area contributed by atoms with E-state index in [4.69, 9.17) is 18.5 Å². The highest BCUT2D eigenvalue weighted by Crippen LogP contribution is 2.43. The van der Waals surface area contributed by atoms with Crippen LogP contribution in [0.1, 0.15) is 155 Å². The second kappa shape index (κ2) is 29.9. The van der Waals surface area contributed by atoms with Crippen molar-refractivity contribution in [1.82, 2.24) is 0 Å². The minimum Gasteiger partial charge on any atom is -0.462 e. The van der Waals surface area contributed by atoms with Crippen molar-refractivity contribution in [3.8, 4) is 0 Å². The second-order valence-corrected chi connectivity index (χ2v) is 15.1. The fourth-order valence-corrected chi connectivity index (χ4v) is 5.57. The van der Waals surface area contributed by atoms with Gasteiger partial charge in [-0.3, -0.25) is 18.6 Å². The predicted octanol–water partition coefficient (Wildman–Crippen LogP) is 9.46. The van der Waals surface area contributed by atoms with Crippen LogP contribution in [0, 0.1) is 0 Å². The molecule has 0 aromatic carbocycles. The minimum absolute atomic E-state index is 0.0312. The molecule has 272 valence electrons. The molecule has 0 heterocycles. The summed E-state index contributed by atoms with van der Waals surface area (Å²) >= 11 is 0. The molecule has 0 rings (SSSR count). The van der Waals surface area contributed by atoms with Crippen LogP contribution in [0.25, 0.3) is 0 Å². The summed E-state index contributed by atoms with van der Waals surface area (Å²) in [7, 11) is 1.47.